The lowest BCUT2D eigenvalue weighted by atomic mass is 9.98. The number of likely N-dealkylation sites (N-methyl/N-ethyl adjacent to an activating group) is 1. The molecule has 0 aromatic heterocycles. The van der Waals surface area contributed by atoms with Crippen LogP contribution in [0.4, 0.5) is 5.69 Å². The SMILES string of the molecule is CCNC(C)(CCSc1ccc([N+](=O)[O-])cc1)C(N)=O. The van der Waals surface area contributed by atoms with E-state index in [1.165, 1.54) is 12.1 Å². The molecule has 0 spiro atoms. The molecule has 1 rings (SSSR count). The van der Waals surface area contributed by atoms with Crippen molar-refractivity contribution in [3.63, 3.8) is 0 Å². The number of nitrogens with two attached hydrogens (primary N) is 1. The van der Waals surface area contributed by atoms with Gasteiger partial charge in [-0.05, 0) is 32.0 Å². The van der Waals surface area contributed by atoms with E-state index in [0.717, 1.165) is 4.90 Å². The van der Waals surface area contributed by atoms with E-state index in [4.69, 9.17) is 5.73 Å². The molecule has 0 aliphatic carbocycles. The van der Waals surface area contributed by atoms with Crippen molar-refractivity contribution in [1.29, 1.82) is 0 Å². The number of thioether (sulfide) groups is 1. The number of rotatable bonds is 8. The van der Waals surface area contributed by atoms with Crippen molar-refractivity contribution in [1.82, 2.24) is 5.32 Å². The second-order valence-corrected chi connectivity index (χ2v) is 5.74. The number of carbonyl (C=O) groups excluding carboxylic acids is 1. The summed E-state index contributed by atoms with van der Waals surface area (Å²) < 4.78 is 0. The lowest BCUT2D eigenvalue weighted by molar-refractivity contribution is -0.384. The molecule has 1 atom stereocenters. The van der Waals surface area contributed by atoms with Crippen molar-refractivity contribution < 1.29 is 9.72 Å². The molecule has 1 amide bonds. The van der Waals surface area contributed by atoms with Gasteiger partial charge in [0.2, 0.25) is 5.91 Å². The molecule has 0 saturated carbocycles. The third kappa shape index (κ3) is 4.50. The zero-order valence-corrected chi connectivity index (χ0v) is 12.4. The molecule has 1 aromatic carbocycles. The smallest absolute Gasteiger partial charge is 0.269 e. The van der Waals surface area contributed by atoms with E-state index in [1.807, 2.05) is 6.92 Å². The second kappa shape index (κ2) is 7.25. The summed E-state index contributed by atoms with van der Waals surface area (Å²) in [6.45, 7) is 4.38. The molecular weight excluding hydrogens is 278 g/mol. The fraction of sp³-hybridized carbons (Fsp3) is 0.462. The molecule has 0 radical (unpaired) electrons. The molecule has 20 heavy (non-hydrogen) atoms. The minimum Gasteiger partial charge on any atom is -0.368 e. The average Bonchev–Trinajstić information content (AvgIpc) is 2.39. The molecule has 0 heterocycles. The first kappa shape index (κ1) is 16.5. The van der Waals surface area contributed by atoms with Crippen LogP contribution in [-0.2, 0) is 4.79 Å². The Balaban J connectivity index is 2.54. The van der Waals surface area contributed by atoms with Crippen LogP contribution >= 0.6 is 11.8 Å². The third-order valence-electron chi connectivity index (χ3n) is 3.03. The Kier molecular flexibility index (Phi) is 5.97. The topological polar surface area (TPSA) is 98.3 Å². The van der Waals surface area contributed by atoms with Gasteiger partial charge in [-0.3, -0.25) is 14.9 Å². The highest BCUT2D eigenvalue weighted by atomic mass is 32.2. The molecule has 0 fully saturated rings. The molecule has 110 valence electrons. The normalized spacial score (nSPS) is 13.7. The first-order valence-corrected chi connectivity index (χ1v) is 7.30. The van der Waals surface area contributed by atoms with E-state index in [0.29, 0.717) is 18.7 Å². The Hall–Kier alpha value is -1.60. The lowest BCUT2D eigenvalue weighted by Crippen LogP contribution is -2.53. The fourth-order valence-corrected chi connectivity index (χ4v) is 2.80. The van der Waals surface area contributed by atoms with Gasteiger partial charge in [-0.2, -0.15) is 0 Å². The van der Waals surface area contributed by atoms with Gasteiger partial charge < -0.3 is 11.1 Å². The van der Waals surface area contributed by atoms with Crippen molar-refractivity contribution >= 4 is 23.4 Å². The van der Waals surface area contributed by atoms with Gasteiger partial charge in [0.15, 0.2) is 0 Å². The molecule has 0 aliphatic rings. The van der Waals surface area contributed by atoms with Crippen LogP contribution in [-0.4, -0.2) is 28.7 Å². The van der Waals surface area contributed by atoms with E-state index in [-0.39, 0.29) is 11.6 Å². The highest BCUT2D eigenvalue weighted by molar-refractivity contribution is 7.99. The lowest BCUT2D eigenvalue weighted by Gasteiger charge is -2.26. The number of hydrogen-bond acceptors (Lipinski definition) is 5. The quantitative estimate of drug-likeness (QED) is 0.434. The number of benzene rings is 1. The first-order chi connectivity index (χ1) is 9.39. The minimum atomic E-state index is -0.720. The third-order valence-corrected chi connectivity index (χ3v) is 4.04. The predicted molar refractivity (Wildman–Crippen MR) is 79.7 cm³/mol. The second-order valence-electron chi connectivity index (χ2n) is 4.58. The number of nitro groups is 1. The van der Waals surface area contributed by atoms with Crippen LogP contribution in [0.15, 0.2) is 29.2 Å². The molecule has 1 aromatic rings. The number of non-ortho nitro benzene ring substituents is 1. The maximum atomic E-state index is 11.4. The Labute approximate surface area is 122 Å². The van der Waals surface area contributed by atoms with Crippen molar-refractivity contribution in [2.24, 2.45) is 5.73 Å². The van der Waals surface area contributed by atoms with Gasteiger partial charge in [0, 0.05) is 22.8 Å². The maximum Gasteiger partial charge on any atom is 0.269 e. The van der Waals surface area contributed by atoms with Gasteiger partial charge in [-0.1, -0.05) is 6.92 Å². The summed E-state index contributed by atoms with van der Waals surface area (Å²) in [5, 5.41) is 13.6. The van der Waals surface area contributed by atoms with Crippen LogP contribution < -0.4 is 11.1 Å². The number of nitrogens with one attached hydrogen (secondary N) is 1. The van der Waals surface area contributed by atoms with Gasteiger partial charge in [0.05, 0.1) is 10.5 Å². The summed E-state index contributed by atoms with van der Waals surface area (Å²) in [6, 6.07) is 6.36. The molecular formula is C13H19N3O3S. The highest BCUT2D eigenvalue weighted by Gasteiger charge is 2.29. The first-order valence-electron chi connectivity index (χ1n) is 6.31. The standard InChI is InChI=1S/C13H19N3O3S/c1-3-15-13(2,12(14)17)8-9-20-11-6-4-10(5-7-11)16(18)19/h4-7,15H,3,8-9H2,1-2H3,(H2,14,17). The zero-order valence-electron chi connectivity index (χ0n) is 11.6. The van der Waals surface area contributed by atoms with E-state index < -0.39 is 10.5 Å². The Morgan fingerprint density at radius 2 is 2.05 bits per heavy atom. The number of amides is 1. The number of carbonyl (C=O) groups is 1. The van der Waals surface area contributed by atoms with Crippen LogP contribution in [0, 0.1) is 10.1 Å². The van der Waals surface area contributed by atoms with Crippen LogP contribution in [0.25, 0.3) is 0 Å². The van der Waals surface area contributed by atoms with Crippen LogP contribution in [0.3, 0.4) is 0 Å². The summed E-state index contributed by atoms with van der Waals surface area (Å²) in [5.74, 6) is 0.327. The highest BCUT2D eigenvalue weighted by Crippen LogP contribution is 2.24. The van der Waals surface area contributed by atoms with Crippen LogP contribution in [0.2, 0.25) is 0 Å². The summed E-state index contributed by atoms with van der Waals surface area (Å²) in [4.78, 5) is 22.5. The summed E-state index contributed by atoms with van der Waals surface area (Å²) >= 11 is 1.54. The monoisotopic (exact) mass is 297 g/mol. The van der Waals surface area contributed by atoms with Crippen molar-refractivity contribution in [3.8, 4) is 0 Å². The summed E-state index contributed by atoms with van der Waals surface area (Å²) in [5.41, 5.74) is 4.76. The molecule has 3 N–H and O–H groups in total. The van der Waals surface area contributed by atoms with E-state index in [1.54, 1.807) is 30.8 Å². The van der Waals surface area contributed by atoms with Crippen molar-refractivity contribution in [3.05, 3.63) is 34.4 Å². The molecule has 0 bridgehead atoms. The average molecular weight is 297 g/mol. The van der Waals surface area contributed by atoms with Gasteiger partial charge in [-0.15, -0.1) is 11.8 Å². The number of nitrogens with zero attached hydrogens (tertiary/aromatic N) is 1. The summed E-state index contributed by atoms with van der Waals surface area (Å²) in [6.07, 6.45) is 0.595. The van der Waals surface area contributed by atoms with Gasteiger partial charge in [-0.25, -0.2) is 0 Å². The number of hydrogen-bond donors (Lipinski definition) is 2. The Morgan fingerprint density at radius 3 is 2.50 bits per heavy atom. The Morgan fingerprint density at radius 1 is 1.45 bits per heavy atom. The number of primary amides is 1. The minimum absolute atomic E-state index is 0.0731. The zero-order chi connectivity index (χ0) is 15.2. The van der Waals surface area contributed by atoms with Gasteiger partial charge in [0.25, 0.3) is 5.69 Å². The van der Waals surface area contributed by atoms with Crippen molar-refractivity contribution in [2.75, 3.05) is 12.3 Å². The maximum absolute atomic E-state index is 11.4. The van der Waals surface area contributed by atoms with Crippen molar-refractivity contribution in [2.45, 2.75) is 30.7 Å². The fourth-order valence-electron chi connectivity index (χ4n) is 1.73. The van der Waals surface area contributed by atoms with E-state index in [9.17, 15) is 14.9 Å². The number of nitro benzene ring substituents is 1. The summed E-state index contributed by atoms with van der Waals surface area (Å²) in [7, 11) is 0. The van der Waals surface area contributed by atoms with Crippen LogP contribution in [0.1, 0.15) is 20.3 Å². The Bertz CT molecular complexity index is 478. The largest absolute Gasteiger partial charge is 0.368 e. The molecule has 7 heteroatoms. The van der Waals surface area contributed by atoms with Gasteiger partial charge >= 0.3 is 0 Å². The van der Waals surface area contributed by atoms with Gasteiger partial charge in [0.1, 0.15) is 0 Å². The molecule has 6 nitrogen and oxygen atoms in total. The molecule has 0 aliphatic heterocycles. The van der Waals surface area contributed by atoms with E-state index >= 15 is 0 Å². The van der Waals surface area contributed by atoms with Crippen LogP contribution in [0.5, 0.6) is 0 Å². The molecule has 1 unspecified atom stereocenters. The predicted octanol–water partition coefficient (Wildman–Crippen LogP) is 1.93. The van der Waals surface area contributed by atoms with E-state index in [2.05, 4.69) is 5.32 Å². The molecule has 0 saturated heterocycles.